The second-order valence-corrected chi connectivity index (χ2v) is 5.11. The molecule has 0 aliphatic carbocycles. The van der Waals surface area contributed by atoms with Gasteiger partial charge in [0.1, 0.15) is 10.7 Å². The number of aromatic nitrogens is 2. The van der Waals surface area contributed by atoms with Crippen LogP contribution in [-0.4, -0.2) is 26.6 Å². The highest BCUT2D eigenvalue weighted by Gasteiger charge is 2.30. The standard InChI is InChI=1S/C10H19N5S/c1-3-8-5-4-7(2)15(8)6-9-10(12-11)16-14-13-9/h7-8,12H,3-6,11H2,1-2H3. The Morgan fingerprint density at radius 3 is 3.06 bits per heavy atom. The molecule has 1 aromatic rings. The number of hydrogen-bond acceptors (Lipinski definition) is 6. The van der Waals surface area contributed by atoms with Gasteiger partial charge in [-0.3, -0.25) is 4.90 Å². The Morgan fingerprint density at radius 1 is 1.56 bits per heavy atom. The average molecular weight is 241 g/mol. The van der Waals surface area contributed by atoms with E-state index in [0.717, 1.165) is 17.2 Å². The lowest BCUT2D eigenvalue weighted by molar-refractivity contribution is 0.187. The molecule has 1 aromatic heterocycles. The van der Waals surface area contributed by atoms with Crippen molar-refractivity contribution in [2.24, 2.45) is 5.84 Å². The minimum atomic E-state index is 0.636. The molecule has 16 heavy (non-hydrogen) atoms. The van der Waals surface area contributed by atoms with Crippen LogP contribution in [0.2, 0.25) is 0 Å². The van der Waals surface area contributed by atoms with E-state index in [-0.39, 0.29) is 0 Å². The van der Waals surface area contributed by atoms with E-state index in [4.69, 9.17) is 5.84 Å². The van der Waals surface area contributed by atoms with Gasteiger partial charge in [-0.15, -0.1) is 5.10 Å². The first-order valence-corrected chi connectivity index (χ1v) is 6.57. The van der Waals surface area contributed by atoms with E-state index < -0.39 is 0 Å². The van der Waals surface area contributed by atoms with Gasteiger partial charge in [0.2, 0.25) is 0 Å². The minimum Gasteiger partial charge on any atom is -0.313 e. The number of hydrazine groups is 1. The van der Waals surface area contributed by atoms with Crippen molar-refractivity contribution in [1.29, 1.82) is 0 Å². The lowest BCUT2D eigenvalue weighted by Gasteiger charge is -2.26. The Morgan fingerprint density at radius 2 is 2.38 bits per heavy atom. The van der Waals surface area contributed by atoms with Crippen LogP contribution in [0.3, 0.4) is 0 Å². The Labute approximate surface area is 100 Å². The molecule has 6 heteroatoms. The summed E-state index contributed by atoms with van der Waals surface area (Å²) in [5, 5.41) is 5.02. The molecular formula is C10H19N5S. The Balaban J connectivity index is 2.08. The summed E-state index contributed by atoms with van der Waals surface area (Å²) in [6, 6.07) is 1.32. The highest BCUT2D eigenvalue weighted by molar-refractivity contribution is 7.10. The van der Waals surface area contributed by atoms with Crippen molar-refractivity contribution < 1.29 is 0 Å². The lowest BCUT2D eigenvalue weighted by atomic mass is 10.1. The number of nitrogens with one attached hydrogen (secondary N) is 1. The molecule has 2 atom stereocenters. The third-order valence-corrected chi connectivity index (χ3v) is 4.14. The predicted octanol–water partition coefficient (Wildman–Crippen LogP) is 1.59. The van der Waals surface area contributed by atoms with Crippen LogP contribution in [0.15, 0.2) is 0 Å². The summed E-state index contributed by atoms with van der Waals surface area (Å²) in [7, 11) is 0. The molecule has 2 unspecified atom stereocenters. The fourth-order valence-electron chi connectivity index (χ4n) is 2.44. The van der Waals surface area contributed by atoms with Crippen molar-refractivity contribution in [3.05, 3.63) is 5.69 Å². The van der Waals surface area contributed by atoms with Crippen LogP contribution in [0.1, 0.15) is 38.8 Å². The van der Waals surface area contributed by atoms with Gasteiger partial charge in [0.15, 0.2) is 0 Å². The summed E-state index contributed by atoms with van der Waals surface area (Å²) in [6.07, 6.45) is 3.77. The van der Waals surface area contributed by atoms with E-state index in [9.17, 15) is 0 Å². The molecular weight excluding hydrogens is 222 g/mol. The SMILES string of the molecule is CCC1CCC(C)N1Cc1nnsc1NN. The van der Waals surface area contributed by atoms with Crippen molar-refractivity contribution in [3.8, 4) is 0 Å². The summed E-state index contributed by atoms with van der Waals surface area (Å²) < 4.78 is 3.93. The molecule has 1 aliphatic heterocycles. The molecule has 3 N–H and O–H groups in total. The van der Waals surface area contributed by atoms with Crippen LogP contribution in [0.4, 0.5) is 5.00 Å². The molecule has 1 fully saturated rings. The van der Waals surface area contributed by atoms with E-state index in [1.54, 1.807) is 0 Å². The summed E-state index contributed by atoms with van der Waals surface area (Å²) in [5.74, 6) is 5.43. The Kier molecular flexibility index (Phi) is 3.73. The molecule has 2 heterocycles. The molecule has 0 bridgehead atoms. The van der Waals surface area contributed by atoms with Gasteiger partial charge < -0.3 is 5.43 Å². The summed E-state index contributed by atoms with van der Waals surface area (Å²) in [6.45, 7) is 5.39. The first-order chi connectivity index (χ1) is 7.76. The van der Waals surface area contributed by atoms with Gasteiger partial charge in [0.25, 0.3) is 0 Å². The predicted molar refractivity (Wildman–Crippen MR) is 66.0 cm³/mol. The maximum absolute atomic E-state index is 5.43. The van der Waals surface area contributed by atoms with Crippen LogP contribution in [-0.2, 0) is 6.54 Å². The zero-order chi connectivity index (χ0) is 11.5. The first-order valence-electron chi connectivity index (χ1n) is 5.79. The number of anilines is 1. The van der Waals surface area contributed by atoms with Crippen molar-refractivity contribution in [2.75, 3.05) is 5.43 Å². The second kappa shape index (κ2) is 5.07. The zero-order valence-electron chi connectivity index (χ0n) is 9.81. The molecule has 0 saturated carbocycles. The lowest BCUT2D eigenvalue weighted by Crippen LogP contribution is -2.34. The van der Waals surface area contributed by atoms with Gasteiger partial charge in [-0.1, -0.05) is 11.4 Å². The van der Waals surface area contributed by atoms with Crippen molar-refractivity contribution >= 4 is 16.5 Å². The fraction of sp³-hybridized carbons (Fsp3) is 0.800. The van der Waals surface area contributed by atoms with Crippen LogP contribution >= 0.6 is 11.5 Å². The minimum absolute atomic E-state index is 0.636. The number of nitrogens with two attached hydrogens (primary N) is 1. The second-order valence-electron chi connectivity index (χ2n) is 4.35. The van der Waals surface area contributed by atoms with E-state index in [0.29, 0.717) is 12.1 Å². The molecule has 1 aliphatic rings. The highest BCUT2D eigenvalue weighted by Crippen LogP contribution is 2.29. The normalized spacial score (nSPS) is 26.2. The van der Waals surface area contributed by atoms with Gasteiger partial charge in [0, 0.05) is 30.2 Å². The number of nitrogen functional groups attached to an aromatic ring is 1. The van der Waals surface area contributed by atoms with Gasteiger partial charge in [-0.2, -0.15) is 0 Å². The molecule has 5 nitrogen and oxygen atoms in total. The first kappa shape index (κ1) is 11.8. The number of nitrogens with zero attached hydrogens (tertiary/aromatic N) is 3. The fourth-order valence-corrected chi connectivity index (χ4v) is 2.93. The Hall–Kier alpha value is -0.720. The highest BCUT2D eigenvalue weighted by atomic mass is 32.1. The monoisotopic (exact) mass is 241 g/mol. The van der Waals surface area contributed by atoms with Gasteiger partial charge >= 0.3 is 0 Å². The third-order valence-electron chi connectivity index (χ3n) is 3.44. The number of hydrogen-bond donors (Lipinski definition) is 2. The molecule has 0 radical (unpaired) electrons. The molecule has 0 spiro atoms. The van der Waals surface area contributed by atoms with Crippen LogP contribution in [0.25, 0.3) is 0 Å². The molecule has 0 aromatic carbocycles. The van der Waals surface area contributed by atoms with E-state index in [2.05, 4.69) is 33.8 Å². The van der Waals surface area contributed by atoms with Crippen molar-refractivity contribution in [1.82, 2.24) is 14.5 Å². The van der Waals surface area contributed by atoms with Crippen LogP contribution < -0.4 is 11.3 Å². The topological polar surface area (TPSA) is 67.1 Å². The van der Waals surface area contributed by atoms with Crippen molar-refractivity contribution in [2.45, 2.75) is 51.7 Å². The van der Waals surface area contributed by atoms with Crippen LogP contribution in [0.5, 0.6) is 0 Å². The molecule has 0 amide bonds. The van der Waals surface area contributed by atoms with Crippen LogP contribution in [0, 0.1) is 0 Å². The maximum atomic E-state index is 5.43. The summed E-state index contributed by atoms with van der Waals surface area (Å²) >= 11 is 1.32. The molecule has 1 saturated heterocycles. The summed E-state index contributed by atoms with van der Waals surface area (Å²) in [5.41, 5.74) is 3.64. The van der Waals surface area contributed by atoms with E-state index in [1.807, 2.05) is 0 Å². The van der Waals surface area contributed by atoms with Crippen molar-refractivity contribution in [3.63, 3.8) is 0 Å². The van der Waals surface area contributed by atoms with Gasteiger partial charge in [-0.25, -0.2) is 5.84 Å². The zero-order valence-corrected chi connectivity index (χ0v) is 10.6. The number of rotatable bonds is 4. The maximum Gasteiger partial charge on any atom is 0.148 e. The largest absolute Gasteiger partial charge is 0.313 e. The average Bonchev–Trinajstić information content (AvgIpc) is 2.87. The van der Waals surface area contributed by atoms with E-state index >= 15 is 0 Å². The third kappa shape index (κ3) is 2.18. The van der Waals surface area contributed by atoms with E-state index in [1.165, 1.54) is 30.8 Å². The number of likely N-dealkylation sites (tertiary alicyclic amines) is 1. The smallest absolute Gasteiger partial charge is 0.148 e. The quantitative estimate of drug-likeness (QED) is 0.619. The van der Waals surface area contributed by atoms with Gasteiger partial charge in [-0.05, 0) is 26.2 Å². The Bertz CT molecular complexity index is 340. The van der Waals surface area contributed by atoms with Gasteiger partial charge in [0.05, 0.1) is 0 Å². The summed E-state index contributed by atoms with van der Waals surface area (Å²) in [4.78, 5) is 2.51. The molecule has 90 valence electrons. The molecule has 2 rings (SSSR count).